The first-order valence-corrected chi connectivity index (χ1v) is 5.98. The van der Waals surface area contributed by atoms with Crippen LogP contribution in [0.1, 0.15) is 31.2 Å². The highest BCUT2D eigenvalue weighted by Gasteiger charge is 2.19. The summed E-state index contributed by atoms with van der Waals surface area (Å²) in [4.78, 5) is 11.3. The average Bonchev–Trinajstić information content (AvgIpc) is 2.30. The second kappa shape index (κ2) is 5.80. The van der Waals surface area contributed by atoms with Gasteiger partial charge in [-0.3, -0.25) is 4.79 Å². The zero-order valence-corrected chi connectivity index (χ0v) is 9.52. The van der Waals surface area contributed by atoms with Crippen LogP contribution in [0.25, 0.3) is 0 Å². The Balaban J connectivity index is 1.70. The van der Waals surface area contributed by atoms with Gasteiger partial charge in [0, 0.05) is 12.8 Å². The molecular weight excluding hydrogens is 200 g/mol. The highest BCUT2D eigenvalue weighted by Crippen LogP contribution is 2.21. The van der Waals surface area contributed by atoms with Crippen molar-refractivity contribution in [3.8, 4) is 0 Å². The Morgan fingerprint density at radius 3 is 2.81 bits per heavy atom. The van der Waals surface area contributed by atoms with Crippen molar-refractivity contribution < 1.29 is 9.53 Å². The van der Waals surface area contributed by atoms with E-state index in [0.29, 0.717) is 18.3 Å². The van der Waals surface area contributed by atoms with Gasteiger partial charge in [-0.05, 0) is 24.3 Å². The molecule has 86 valence electrons. The van der Waals surface area contributed by atoms with Gasteiger partial charge < -0.3 is 4.74 Å². The molecule has 1 unspecified atom stereocenters. The number of hydrogen-bond donors (Lipinski definition) is 0. The van der Waals surface area contributed by atoms with Crippen LogP contribution in [0.5, 0.6) is 0 Å². The molecule has 1 aliphatic rings. The first kappa shape index (κ1) is 11.3. The molecule has 2 heteroatoms. The zero-order chi connectivity index (χ0) is 11.2. The SMILES string of the molecule is O=C1CCCC(COCc2ccccc2)C1. The molecule has 0 bridgehead atoms. The summed E-state index contributed by atoms with van der Waals surface area (Å²) >= 11 is 0. The molecule has 0 aliphatic heterocycles. The number of Topliss-reactive ketones (excluding diaryl/α,β-unsaturated/α-hetero) is 1. The number of hydrogen-bond acceptors (Lipinski definition) is 2. The molecule has 0 amide bonds. The first-order chi connectivity index (χ1) is 7.84. The molecule has 0 N–H and O–H groups in total. The van der Waals surface area contributed by atoms with Crippen molar-refractivity contribution >= 4 is 5.78 Å². The lowest BCUT2D eigenvalue weighted by atomic mass is 9.89. The third-order valence-electron chi connectivity index (χ3n) is 3.05. The normalized spacial score (nSPS) is 21.0. The topological polar surface area (TPSA) is 26.3 Å². The van der Waals surface area contributed by atoms with Gasteiger partial charge in [-0.15, -0.1) is 0 Å². The molecular formula is C14H18O2. The number of carbonyl (C=O) groups is 1. The summed E-state index contributed by atoms with van der Waals surface area (Å²) in [6.45, 7) is 1.38. The van der Waals surface area contributed by atoms with E-state index < -0.39 is 0 Å². The van der Waals surface area contributed by atoms with Crippen LogP contribution in [0, 0.1) is 5.92 Å². The van der Waals surface area contributed by atoms with Gasteiger partial charge in [0.15, 0.2) is 0 Å². The molecule has 1 aromatic rings. The summed E-state index contributed by atoms with van der Waals surface area (Å²) in [6, 6.07) is 10.2. The van der Waals surface area contributed by atoms with Crippen molar-refractivity contribution in [2.24, 2.45) is 5.92 Å². The molecule has 2 rings (SSSR count). The minimum atomic E-state index is 0.402. The number of carbonyl (C=O) groups excluding carboxylic acids is 1. The van der Waals surface area contributed by atoms with E-state index in [1.165, 1.54) is 5.56 Å². The third kappa shape index (κ3) is 3.46. The van der Waals surface area contributed by atoms with Crippen LogP contribution < -0.4 is 0 Å². The Kier molecular flexibility index (Phi) is 4.11. The van der Waals surface area contributed by atoms with Gasteiger partial charge in [-0.25, -0.2) is 0 Å². The third-order valence-corrected chi connectivity index (χ3v) is 3.05. The quantitative estimate of drug-likeness (QED) is 0.776. The van der Waals surface area contributed by atoms with Gasteiger partial charge in [0.2, 0.25) is 0 Å². The Bertz CT molecular complexity index is 332. The van der Waals surface area contributed by atoms with E-state index >= 15 is 0 Å². The summed E-state index contributed by atoms with van der Waals surface area (Å²) < 4.78 is 5.66. The molecule has 1 aromatic carbocycles. The standard InChI is InChI=1S/C14H18O2/c15-14-8-4-7-13(9-14)11-16-10-12-5-2-1-3-6-12/h1-3,5-6,13H,4,7-11H2. The van der Waals surface area contributed by atoms with Crippen LogP contribution in [-0.2, 0) is 16.1 Å². The molecule has 1 fully saturated rings. The summed E-state index contributed by atoms with van der Waals surface area (Å²) in [7, 11) is 0. The molecule has 0 radical (unpaired) electrons. The number of benzene rings is 1. The zero-order valence-electron chi connectivity index (χ0n) is 9.52. The molecule has 0 spiro atoms. The van der Waals surface area contributed by atoms with Gasteiger partial charge in [-0.1, -0.05) is 30.3 Å². The lowest BCUT2D eigenvalue weighted by molar-refractivity contribution is -0.122. The van der Waals surface area contributed by atoms with Crippen LogP contribution in [0.4, 0.5) is 0 Å². The van der Waals surface area contributed by atoms with Gasteiger partial charge in [-0.2, -0.15) is 0 Å². The second-order valence-electron chi connectivity index (χ2n) is 4.50. The Morgan fingerprint density at radius 1 is 1.25 bits per heavy atom. The fourth-order valence-corrected chi connectivity index (χ4v) is 2.17. The predicted molar refractivity (Wildman–Crippen MR) is 63.1 cm³/mol. The van der Waals surface area contributed by atoms with Gasteiger partial charge in [0.1, 0.15) is 5.78 Å². The molecule has 16 heavy (non-hydrogen) atoms. The van der Waals surface area contributed by atoms with Gasteiger partial charge in [0.05, 0.1) is 13.2 Å². The Labute approximate surface area is 96.6 Å². The van der Waals surface area contributed by atoms with E-state index in [9.17, 15) is 4.79 Å². The highest BCUT2D eigenvalue weighted by atomic mass is 16.5. The molecule has 2 nitrogen and oxygen atoms in total. The van der Waals surface area contributed by atoms with E-state index in [1.54, 1.807) is 0 Å². The maximum Gasteiger partial charge on any atom is 0.133 e. The van der Waals surface area contributed by atoms with Crippen molar-refractivity contribution in [1.29, 1.82) is 0 Å². The van der Waals surface area contributed by atoms with Crippen molar-refractivity contribution in [3.05, 3.63) is 35.9 Å². The first-order valence-electron chi connectivity index (χ1n) is 5.98. The second-order valence-corrected chi connectivity index (χ2v) is 4.50. The number of ketones is 1. The molecule has 0 aromatic heterocycles. The van der Waals surface area contributed by atoms with Crippen LogP contribution in [-0.4, -0.2) is 12.4 Å². The number of rotatable bonds is 4. The van der Waals surface area contributed by atoms with Crippen molar-refractivity contribution in [2.75, 3.05) is 6.61 Å². The highest BCUT2D eigenvalue weighted by molar-refractivity contribution is 5.79. The van der Waals surface area contributed by atoms with Crippen LogP contribution >= 0.6 is 0 Å². The van der Waals surface area contributed by atoms with E-state index in [0.717, 1.165) is 32.3 Å². The molecule has 1 atom stereocenters. The van der Waals surface area contributed by atoms with Gasteiger partial charge >= 0.3 is 0 Å². The molecule has 1 aliphatic carbocycles. The maximum atomic E-state index is 11.3. The summed E-state index contributed by atoms with van der Waals surface area (Å²) in [5.41, 5.74) is 1.20. The van der Waals surface area contributed by atoms with E-state index in [1.807, 2.05) is 18.2 Å². The van der Waals surface area contributed by atoms with Crippen molar-refractivity contribution in [1.82, 2.24) is 0 Å². The summed E-state index contributed by atoms with van der Waals surface area (Å²) in [5, 5.41) is 0. The summed E-state index contributed by atoms with van der Waals surface area (Å²) in [6.07, 6.45) is 3.67. The largest absolute Gasteiger partial charge is 0.376 e. The van der Waals surface area contributed by atoms with Crippen molar-refractivity contribution in [3.63, 3.8) is 0 Å². The Hall–Kier alpha value is -1.15. The van der Waals surface area contributed by atoms with Crippen LogP contribution in [0.15, 0.2) is 30.3 Å². The molecule has 1 saturated carbocycles. The average molecular weight is 218 g/mol. The maximum absolute atomic E-state index is 11.3. The molecule has 0 heterocycles. The van der Waals surface area contributed by atoms with Gasteiger partial charge in [0.25, 0.3) is 0 Å². The van der Waals surface area contributed by atoms with E-state index in [2.05, 4.69) is 12.1 Å². The van der Waals surface area contributed by atoms with E-state index in [-0.39, 0.29) is 0 Å². The van der Waals surface area contributed by atoms with Crippen molar-refractivity contribution in [2.45, 2.75) is 32.3 Å². The molecule has 0 saturated heterocycles. The van der Waals surface area contributed by atoms with Crippen LogP contribution in [0.2, 0.25) is 0 Å². The lowest BCUT2D eigenvalue weighted by Crippen LogP contribution is -2.19. The van der Waals surface area contributed by atoms with Crippen LogP contribution in [0.3, 0.4) is 0 Å². The predicted octanol–water partition coefficient (Wildman–Crippen LogP) is 2.96. The fourth-order valence-electron chi connectivity index (χ4n) is 2.17. The summed E-state index contributed by atoms with van der Waals surface area (Å²) in [5.74, 6) is 0.851. The fraction of sp³-hybridized carbons (Fsp3) is 0.500. The minimum absolute atomic E-state index is 0.402. The minimum Gasteiger partial charge on any atom is -0.376 e. The number of ether oxygens (including phenoxy) is 1. The van der Waals surface area contributed by atoms with E-state index in [4.69, 9.17) is 4.74 Å². The monoisotopic (exact) mass is 218 g/mol. The smallest absolute Gasteiger partial charge is 0.133 e. The lowest BCUT2D eigenvalue weighted by Gasteiger charge is -2.20. The Morgan fingerprint density at radius 2 is 2.06 bits per heavy atom.